The van der Waals surface area contributed by atoms with Gasteiger partial charge in [-0.25, -0.2) is 8.42 Å². The van der Waals surface area contributed by atoms with Crippen molar-refractivity contribution in [3.05, 3.63) is 51.6 Å². The fraction of sp³-hybridized carbons (Fsp3) is 0.455. The number of nitrogens with zero attached hydrogens (tertiary/aromatic N) is 2. The summed E-state index contributed by atoms with van der Waals surface area (Å²) in [6, 6.07) is 7.69. The SMILES string of the molecule is COc1ccc(S(=O)(=O)N2Cc3cc4c(cc3C3(CCCC3)C2)OCCO4)cc1[N+](=O)[O-]. The van der Waals surface area contributed by atoms with Crippen LogP contribution in [0, 0.1) is 10.1 Å². The second-order valence-electron chi connectivity index (χ2n) is 8.50. The Morgan fingerprint density at radius 3 is 2.44 bits per heavy atom. The van der Waals surface area contributed by atoms with E-state index in [0.717, 1.165) is 42.9 Å². The molecule has 0 bridgehead atoms. The maximum Gasteiger partial charge on any atom is 0.312 e. The second-order valence-corrected chi connectivity index (χ2v) is 10.4. The maximum atomic E-state index is 13.6. The molecule has 1 aliphatic carbocycles. The molecule has 9 nitrogen and oxygen atoms in total. The number of ether oxygens (including phenoxy) is 3. The van der Waals surface area contributed by atoms with Crippen LogP contribution in [0.2, 0.25) is 0 Å². The van der Waals surface area contributed by atoms with E-state index in [-0.39, 0.29) is 28.3 Å². The van der Waals surface area contributed by atoms with E-state index in [1.807, 2.05) is 12.1 Å². The average Bonchev–Trinajstić information content (AvgIpc) is 3.26. The highest BCUT2D eigenvalue weighted by Crippen LogP contribution is 2.50. The Kier molecular flexibility index (Phi) is 5.01. The van der Waals surface area contributed by atoms with E-state index in [1.54, 1.807) is 0 Å². The summed E-state index contributed by atoms with van der Waals surface area (Å²) in [5.41, 5.74) is 1.36. The van der Waals surface area contributed by atoms with Gasteiger partial charge in [-0.2, -0.15) is 4.31 Å². The van der Waals surface area contributed by atoms with Crippen LogP contribution in [0.1, 0.15) is 36.8 Å². The monoisotopic (exact) mass is 460 g/mol. The molecule has 0 amide bonds. The summed E-state index contributed by atoms with van der Waals surface area (Å²) in [6.07, 6.45) is 3.81. The minimum atomic E-state index is -3.97. The lowest BCUT2D eigenvalue weighted by Gasteiger charge is -2.42. The summed E-state index contributed by atoms with van der Waals surface area (Å²) >= 11 is 0. The van der Waals surface area contributed by atoms with Gasteiger partial charge in [0, 0.05) is 24.6 Å². The zero-order valence-corrected chi connectivity index (χ0v) is 18.5. The number of rotatable bonds is 4. The summed E-state index contributed by atoms with van der Waals surface area (Å²) < 4.78 is 45.2. The first-order valence-electron chi connectivity index (χ1n) is 10.6. The Morgan fingerprint density at radius 2 is 1.78 bits per heavy atom. The first-order valence-corrected chi connectivity index (χ1v) is 12.0. The van der Waals surface area contributed by atoms with Gasteiger partial charge in [-0.15, -0.1) is 0 Å². The number of methoxy groups -OCH3 is 1. The van der Waals surface area contributed by atoms with Gasteiger partial charge < -0.3 is 14.2 Å². The Labute approximate surface area is 186 Å². The molecule has 1 fully saturated rings. The largest absolute Gasteiger partial charge is 0.490 e. The summed E-state index contributed by atoms with van der Waals surface area (Å²) in [4.78, 5) is 10.7. The Hall–Kier alpha value is -2.85. The summed E-state index contributed by atoms with van der Waals surface area (Å²) in [6.45, 7) is 1.46. The van der Waals surface area contributed by atoms with Crippen molar-refractivity contribution in [2.45, 2.75) is 42.5 Å². The van der Waals surface area contributed by atoms with Crippen molar-refractivity contribution in [2.24, 2.45) is 0 Å². The van der Waals surface area contributed by atoms with Gasteiger partial charge in [0.05, 0.1) is 16.9 Å². The molecule has 1 saturated carbocycles. The summed E-state index contributed by atoms with van der Waals surface area (Å²) in [5, 5.41) is 11.4. The lowest BCUT2D eigenvalue weighted by molar-refractivity contribution is -0.386. The van der Waals surface area contributed by atoms with Gasteiger partial charge in [0.2, 0.25) is 10.0 Å². The van der Waals surface area contributed by atoms with Gasteiger partial charge in [-0.3, -0.25) is 10.1 Å². The molecular weight excluding hydrogens is 436 g/mol. The Bertz CT molecular complexity index is 1190. The lowest BCUT2D eigenvalue weighted by atomic mass is 9.74. The van der Waals surface area contributed by atoms with Gasteiger partial charge in [0.25, 0.3) is 0 Å². The molecule has 3 aliphatic rings. The van der Waals surface area contributed by atoms with Crippen molar-refractivity contribution >= 4 is 15.7 Å². The predicted molar refractivity (Wildman–Crippen MR) is 115 cm³/mol. The van der Waals surface area contributed by atoms with Crippen molar-refractivity contribution in [3.8, 4) is 17.2 Å². The van der Waals surface area contributed by atoms with Crippen LogP contribution >= 0.6 is 0 Å². The summed E-state index contributed by atoms with van der Waals surface area (Å²) in [7, 11) is -2.66. The lowest BCUT2D eigenvalue weighted by Crippen LogP contribution is -2.46. The number of fused-ring (bicyclic) bond motifs is 3. The molecule has 2 heterocycles. The zero-order valence-electron chi connectivity index (χ0n) is 17.7. The van der Waals surface area contributed by atoms with E-state index < -0.39 is 14.9 Å². The first kappa shape index (κ1) is 21.0. The van der Waals surface area contributed by atoms with E-state index in [4.69, 9.17) is 14.2 Å². The molecule has 2 aliphatic heterocycles. The van der Waals surface area contributed by atoms with Crippen LogP contribution in [0.25, 0.3) is 0 Å². The van der Waals surface area contributed by atoms with Crippen LogP contribution in [-0.2, 0) is 22.0 Å². The molecule has 5 rings (SSSR count). The van der Waals surface area contributed by atoms with Crippen molar-refractivity contribution < 1.29 is 27.6 Å². The smallest absolute Gasteiger partial charge is 0.312 e. The first-order chi connectivity index (χ1) is 15.3. The Balaban J connectivity index is 1.58. The quantitative estimate of drug-likeness (QED) is 0.508. The molecular formula is C22H24N2O7S. The normalized spacial score (nSPS) is 19.5. The van der Waals surface area contributed by atoms with Gasteiger partial charge in [0.15, 0.2) is 17.2 Å². The van der Waals surface area contributed by atoms with Gasteiger partial charge in [-0.1, -0.05) is 12.8 Å². The second kappa shape index (κ2) is 7.63. The van der Waals surface area contributed by atoms with Crippen LogP contribution in [-0.4, -0.2) is 44.5 Å². The van der Waals surface area contributed by atoms with Gasteiger partial charge >= 0.3 is 5.69 Å². The van der Waals surface area contributed by atoms with Gasteiger partial charge in [0.1, 0.15) is 13.2 Å². The standard InChI is InChI=1S/C22H24N2O7S/c1-29-19-5-4-16(11-18(19)24(25)26)32(27,28)23-13-15-10-20-21(31-9-8-30-20)12-17(15)22(14-23)6-2-3-7-22/h4-5,10-12H,2-3,6-9,13-14H2,1H3. The minimum Gasteiger partial charge on any atom is -0.490 e. The van der Waals surface area contributed by atoms with E-state index in [2.05, 4.69) is 0 Å². The molecule has 170 valence electrons. The highest BCUT2D eigenvalue weighted by molar-refractivity contribution is 7.89. The molecule has 10 heteroatoms. The van der Waals surface area contributed by atoms with Crippen LogP contribution < -0.4 is 14.2 Å². The van der Waals surface area contributed by atoms with Crippen LogP contribution in [0.3, 0.4) is 0 Å². The van der Waals surface area contributed by atoms with Crippen molar-refractivity contribution in [3.63, 3.8) is 0 Å². The van der Waals surface area contributed by atoms with Crippen LogP contribution in [0.4, 0.5) is 5.69 Å². The highest BCUT2D eigenvalue weighted by Gasteiger charge is 2.46. The van der Waals surface area contributed by atoms with Gasteiger partial charge in [-0.05, 0) is 48.2 Å². The fourth-order valence-electron chi connectivity index (χ4n) is 5.20. The average molecular weight is 461 g/mol. The third kappa shape index (κ3) is 3.29. The van der Waals surface area contributed by atoms with E-state index in [1.165, 1.54) is 23.5 Å². The topological polar surface area (TPSA) is 108 Å². The van der Waals surface area contributed by atoms with Crippen molar-refractivity contribution in [1.82, 2.24) is 4.31 Å². The molecule has 0 saturated heterocycles. The third-order valence-corrected chi connectivity index (χ3v) is 8.50. The zero-order chi connectivity index (χ0) is 22.5. The molecule has 0 aromatic heterocycles. The molecule has 32 heavy (non-hydrogen) atoms. The molecule has 2 aromatic carbocycles. The molecule has 1 spiro atoms. The van der Waals surface area contributed by atoms with E-state index in [0.29, 0.717) is 31.3 Å². The van der Waals surface area contributed by atoms with Crippen molar-refractivity contribution in [1.29, 1.82) is 0 Å². The number of hydrogen-bond acceptors (Lipinski definition) is 7. The highest BCUT2D eigenvalue weighted by atomic mass is 32.2. The predicted octanol–water partition coefficient (Wildman–Crippen LogP) is 3.39. The maximum absolute atomic E-state index is 13.6. The number of nitro groups is 1. The number of benzene rings is 2. The summed E-state index contributed by atoms with van der Waals surface area (Å²) in [5.74, 6) is 1.36. The molecule has 0 atom stereocenters. The molecule has 0 radical (unpaired) electrons. The van der Waals surface area contributed by atoms with Crippen molar-refractivity contribution in [2.75, 3.05) is 26.9 Å². The number of nitro benzene ring substituents is 1. The molecule has 2 aromatic rings. The van der Waals surface area contributed by atoms with E-state index >= 15 is 0 Å². The minimum absolute atomic E-state index is 0.0222. The van der Waals surface area contributed by atoms with E-state index in [9.17, 15) is 18.5 Å². The number of sulfonamides is 1. The Morgan fingerprint density at radius 1 is 1.09 bits per heavy atom. The molecule has 0 N–H and O–H groups in total. The van der Waals surface area contributed by atoms with Crippen LogP contribution in [0.15, 0.2) is 35.2 Å². The fourth-order valence-corrected chi connectivity index (χ4v) is 6.72. The molecule has 0 unspecified atom stereocenters. The third-order valence-electron chi connectivity index (χ3n) is 6.71. The van der Waals surface area contributed by atoms with Crippen LogP contribution in [0.5, 0.6) is 17.2 Å². The number of hydrogen-bond donors (Lipinski definition) is 0.